The van der Waals surface area contributed by atoms with Crippen molar-refractivity contribution in [2.24, 2.45) is 0 Å². The number of para-hydroxylation sites is 1. The van der Waals surface area contributed by atoms with Gasteiger partial charge in [-0.2, -0.15) is 0 Å². The lowest BCUT2D eigenvalue weighted by Gasteiger charge is -2.25. The van der Waals surface area contributed by atoms with Crippen LogP contribution in [0.1, 0.15) is 32.0 Å². The SMILES string of the molecule is CN(Cc1cscn1)c1ccccc1CNC(C)(C)C. The third-order valence-electron chi connectivity index (χ3n) is 3.09. The number of hydrogen-bond donors (Lipinski definition) is 1. The number of thiazole rings is 1. The van der Waals surface area contributed by atoms with Crippen LogP contribution < -0.4 is 10.2 Å². The zero-order chi connectivity index (χ0) is 14.6. The Morgan fingerprint density at radius 3 is 2.65 bits per heavy atom. The van der Waals surface area contributed by atoms with Gasteiger partial charge in [-0.15, -0.1) is 11.3 Å². The molecule has 1 N–H and O–H groups in total. The molecule has 1 aromatic heterocycles. The van der Waals surface area contributed by atoms with E-state index in [4.69, 9.17) is 0 Å². The Balaban J connectivity index is 2.10. The summed E-state index contributed by atoms with van der Waals surface area (Å²) in [5.41, 5.74) is 5.71. The molecule has 108 valence electrons. The summed E-state index contributed by atoms with van der Waals surface area (Å²) in [5.74, 6) is 0. The highest BCUT2D eigenvalue weighted by Crippen LogP contribution is 2.21. The van der Waals surface area contributed by atoms with Crippen molar-refractivity contribution in [2.45, 2.75) is 39.4 Å². The van der Waals surface area contributed by atoms with Gasteiger partial charge >= 0.3 is 0 Å². The quantitative estimate of drug-likeness (QED) is 0.910. The average molecular weight is 289 g/mol. The van der Waals surface area contributed by atoms with E-state index in [0.29, 0.717) is 0 Å². The molecule has 20 heavy (non-hydrogen) atoms. The molecule has 3 nitrogen and oxygen atoms in total. The molecule has 0 saturated carbocycles. The van der Waals surface area contributed by atoms with Crippen LogP contribution in [0.15, 0.2) is 35.2 Å². The van der Waals surface area contributed by atoms with E-state index >= 15 is 0 Å². The maximum absolute atomic E-state index is 4.36. The van der Waals surface area contributed by atoms with Gasteiger partial charge in [0, 0.05) is 30.2 Å². The summed E-state index contributed by atoms with van der Waals surface area (Å²) in [6.45, 7) is 8.29. The van der Waals surface area contributed by atoms with E-state index in [1.54, 1.807) is 11.3 Å². The maximum atomic E-state index is 4.36. The minimum absolute atomic E-state index is 0.126. The molecular formula is C16H23N3S. The maximum Gasteiger partial charge on any atom is 0.0795 e. The number of aromatic nitrogens is 1. The van der Waals surface area contributed by atoms with Crippen LogP contribution in [0.3, 0.4) is 0 Å². The highest BCUT2D eigenvalue weighted by atomic mass is 32.1. The summed E-state index contributed by atoms with van der Waals surface area (Å²) in [5, 5.41) is 5.66. The van der Waals surface area contributed by atoms with Gasteiger partial charge in [-0.1, -0.05) is 18.2 Å². The Morgan fingerprint density at radius 2 is 2.00 bits per heavy atom. The number of nitrogens with one attached hydrogen (secondary N) is 1. The van der Waals surface area contributed by atoms with Crippen molar-refractivity contribution in [2.75, 3.05) is 11.9 Å². The number of nitrogens with zero attached hydrogens (tertiary/aromatic N) is 2. The summed E-state index contributed by atoms with van der Waals surface area (Å²) in [6, 6.07) is 8.55. The van der Waals surface area contributed by atoms with Gasteiger partial charge in [0.1, 0.15) is 0 Å². The van der Waals surface area contributed by atoms with Gasteiger partial charge < -0.3 is 10.2 Å². The molecule has 0 spiro atoms. The third-order valence-corrected chi connectivity index (χ3v) is 3.73. The lowest BCUT2D eigenvalue weighted by Crippen LogP contribution is -2.35. The van der Waals surface area contributed by atoms with Gasteiger partial charge in [-0.25, -0.2) is 4.98 Å². The van der Waals surface area contributed by atoms with Crippen LogP contribution in [0, 0.1) is 0 Å². The fourth-order valence-corrected chi connectivity index (χ4v) is 2.59. The molecule has 2 aromatic rings. The molecule has 1 aromatic carbocycles. The van der Waals surface area contributed by atoms with Gasteiger partial charge in [-0.3, -0.25) is 0 Å². The van der Waals surface area contributed by atoms with Crippen LogP contribution in [0.2, 0.25) is 0 Å². The fourth-order valence-electron chi connectivity index (χ4n) is 2.04. The van der Waals surface area contributed by atoms with E-state index in [-0.39, 0.29) is 5.54 Å². The zero-order valence-electron chi connectivity index (χ0n) is 12.7. The third kappa shape index (κ3) is 4.32. The smallest absolute Gasteiger partial charge is 0.0795 e. The summed E-state index contributed by atoms with van der Waals surface area (Å²) in [4.78, 5) is 6.62. The molecule has 0 saturated heterocycles. The Kier molecular flexibility index (Phi) is 4.78. The van der Waals surface area contributed by atoms with Gasteiger partial charge in [0.25, 0.3) is 0 Å². The van der Waals surface area contributed by atoms with Crippen LogP contribution in [0.5, 0.6) is 0 Å². The summed E-state index contributed by atoms with van der Waals surface area (Å²) < 4.78 is 0. The van der Waals surface area contributed by atoms with Crippen LogP contribution >= 0.6 is 11.3 Å². The highest BCUT2D eigenvalue weighted by molar-refractivity contribution is 7.07. The molecule has 1 heterocycles. The van der Waals surface area contributed by atoms with E-state index in [1.807, 2.05) is 5.51 Å². The Morgan fingerprint density at radius 1 is 1.25 bits per heavy atom. The van der Waals surface area contributed by atoms with Crippen LogP contribution in [-0.4, -0.2) is 17.6 Å². The zero-order valence-corrected chi connectivity index (χ0v) is 13.5. The molecular weight excluding hydrogens is 266 g/mol. The normalized spacial score (nSPS) is 11.6. The lowest BCUT2D eigenvalue weighted by atomic mass is 10.1. The second kappa shape index (κ2) is 6.37. The predicted molar refractivity (Wildman–Crippen MR) is 87.3 cm³/mol. The first-order valence-corrected chi connectivity index (χ1v) is 7.81. The summed E-state index contributed by atoms with van der Waals surface area (Å²) in [6.07, 6.45) is 0. The Bertz CT molecular complexity index is 529. The topological polar surface area (TPSA) is 28.2 Å². The number of benzene rings is 1. The van der Waals surface area contributed by atoms with Crippen molar-refractivity contribution < 1.29 is 0 Å². The first kappa shape index (κ1) is 15.0. The molecule has 4 heteroatoms. The van der Waals surface area contributed by atoms with Crippen molar-refractivity contribution in [1.29, 1.82) is 0 Å². The molecule has 2 rings (SSSR count). The molecule has 0 radical (unpaired) electrons. The molecule has 0 atom stereocenters. The van der Waals surface area contributed by atoms with Crippen LogP contribution in [0.4, 0.5) is 5.69 Å². The molecule has 0 fully saturated rings. The second-order valence-electron chi connectivity index (χ2n) is 6.07. The molecule has 0 unspecified atom stereocenters. The molecule has 0 aliphatic rings. The Labute approximate surface area is 125 Å². The first-order valence-electron chi connectivity index (χ1n) is 6.87. The van der Waals surface area contributed by atoms with Crippen molar-refractivity contribution in [3.63, 3.8) is 0 Å². The number of hydrogen-bond acceptors (Lipinski definition) is 4. The monoisotopic (exact) mass is 289 g/mol. The summed E-state index contributed by atoms with van der Waals surface area (Å²) >= 11 is 1.64. The van der Waals surface area contributed by atoms with E-state index < -0.39 is 0 Å². The largest absolute Gasteiger partial charge is 0.368 e. The van der Waals surface area contributed by atoms with Gasteiger partial charge in [0.05, 0.1) is 17.7 Å². The first-order chi connectivity index (χ1) is 9.46. The molecule has 0 amide bonds. The van der Waals surface area contributed by atoms with Crippen molar-refractivity contribution in [3.05, 3.63) is 46.4 Å². The molecule has 0 aliphatic carbocycles. The van der Waals surface area contributed by atoms with Crippen molar-refractivity contribution in [1.82, 2.24) is 10.3 Å². The Hall–Kier alpha value is -1.39. The van der Waals surface area contributed by atoms with Gasteiger partial charge in [0.15, 0.2) is 0 Å². The van der Waals surface area contributed by atoms with E-state index in [1.165, 1.54) is 11.3 Å². The minimum Gasteiger partial charge on any atom is -0.368 e. The van der Waals surface area contributed by atoms with Gasteiger partial charge in [-0.05, 0) is 32.4 Å². The lowest BCUT2D eigenvalue weighted by molar-refractivity contribution is 0.424. The standard InChI is InChI=1S/C16H23N3S/c1-16(2,3)18-9-13-7-5-6-8-15(13)19(4)10-14-11-20-12-17-14/h5-8,11-12,18H,9-10H2,1-4H3. The highest BCUT2D eigenvalue weighted by Gasteiger charge is 2.12. The molecule has 0 bridgehead atoms. The van der Waals surface area contributed by atoms with Crippen molar-refractivity contribution in [3.8, 4) is 0 Å². The summed E-state index contributed by atoms with van der Waals surface area (Å²) in [7, 11) is 2.12. The number of anilines is 1. The average Bonchev–Trinajstić information content (AvgIpc) is 2.88. The van der Waals surface area contributed by atoms with E-state index in [9.17, 15) is 0 Å². The van der Waals surface area contributed by atoms with Gasteiger partial charge in [0.2, 0.25) is 0 Å². The van der Waals surface area contributed by atoms with E-state index in [0.717, 1.165) is 18.8 Å². The minimum atomic E-state index is 0.126. The number of rotatable bonds is 5. The van der Waals surface area contributed by atoms with Crippen molar-refractivity contribution >= 4 is 17.0 Å². The van der Waals surface area contributed by atoms with Crippen LogP contribution in [-0.2, 0) is 13.1 Å². The van der Waals surface area contributed by atoms with E-state index in [2.05, 4.69) is 72.7 Å². The second-order valence-corrected chi connectivity index (χ2v) is 6.79. The fraction of sp³-hybridized carbons (Fsp3) is 0.438. The van der Waals surface area contributed by atoms with Crippen LogP contribution in [0.25, 0.3) is 0 Å². The molecule has 0 aliphatic heterocycles. The predicted octanol–water partition coefficient (Wildman–Crippen LogP) is 3.67.